The van der Waals surface area contributed by atoms with Crippen LogP contribution in [0.1, 0.15) is 44.7 Å². The SMILES string of the molecule is Cc1cccc(CN2C(=O)c3ccccc3Sc3ccc(C(=O)NC4CC4)cc32)c1. The first-order valence-electron chi connectivity index (χ1n) is 10.2. The summed E-state index contributed by atoms with van der Waals surface area (Å²) < 4.78 is 0. The molecule has 5 heteroatoms. The zero-order chi connectivity index (χ0) is 20.7. The number of aryl methyl sites for hydroxylation is 1. The van der Waals surface area contributed by atoms with Gasteiger partial charge in [0.05, 0.1) is 17.8 Å². The largest absolute Gasteiger partial charge is 0.349 e. The second-order valence-electron chi connectivity index (χ2n) is 7.91. The highest BCUT2D eigenvalue weighted by Gasteiger charge is 2.29. The van der Waals surface area contributed by atoms with Crippen LogP contribution < -0.4 is 10.2 Å². The molecule has 1 aliphatic carbocycles. The summed E-state index contributed by atoms with van der Waals surface area (Å²) in [4.78, 5) is 29.9. The Morgan fingerprint density at radius 3 is 2.67 bits per heavy atom. The Morgan fingerprint density at radius 2 is 1.87 bits per heavy atom. The van der Waals surface area contributed by atoms with Crippen molar-refractivity contribution in [1.82, 2.24) is 5.32 Å². The van der Waals surface area contributed by atoms with E-state index in [4.69, 9.17) is 0 Å². The average molecular weight is 415 g/mol. The number of anilines is 1. The Kier molecular flexibility index (Phi) is 4.83. The molecule has 3 aromatic carbocycles. The summed E-state index contributed by atoms with van der Waals surface area (Å²) in [7, 11) is 0. The molecule has 0 spiro atoms. The molecule has 2 amide bonds. The van der Waals surface area contributed by atoms with Crippen LogP contribution >= 0.6 is 11.8 Å². The molecule has 3 aromatic rings. The molecule has 30 heavy (non-hydrogen) atoms. The maximum absolute atomic E-state index is 13.6. The van der Waals surface area contributed by atoms with Crippen molar-refractivity contribution >= 4 is 29.3 Å². The van der Waals surface area contributed by atoms with Gasteiger partial charge < -0.3 is 10.2 Å². The first-order chi connectivity index (χ1) is 14.6. The molecule has 0 unspecified atom stereocenters. The highest BCUT2D eigenvalue weighted by Crippen LogP contribution is 2.42. The van der Waals surface area contributed by atoms with E-state index in [9.17, 15) is 9.59 Å². The topological polar surface area (TPSA) is 49.4 Å². The predicted molar refractivity (Wildman–Crippen MR) is 119 cm³/mol. The Morgan fingerprint density at radius 1 is 1.03 bits per heavy atom. The van der Waals surface area contributed by atoms with Gasteiger partial charge in [0.1, 0.15) is 0 Å². The number of nitrogens with one attached hydrogen (secondary N) is 1. The lowest BCUT2D eigenvalue weighted by atomic mass is 10.1. The molecule has 1 N–H and O–H groups in total. The minimum Gasteiger partial charge on any atom is -0.349 e. The van der Waals surface area contributed by atoms with Crippen LogP contribution in [0.2, 0.25) is 0 Å². The Labute approximate surface area is 180 Å². The summed E-state index contributed by atoms with van der Waals surface area (Å²) in [6.45, 7) is 2.50. The van der Waals surface area contributed by atoms with Gasteiger partial charge in [0.25, 0.3) is 11.8 Å². The number of fused-ring (bicyclic) bond motifs is 2. The molecule has 0 aromatic heterocycles. The van der Waals surface area contributed by atoms with Crippen molar-refractivity contribution in [3.8, 4) is 0 Å². The highest BCUT2D eigenvalue weighted by molar-refractivity contribution is 7.99. The molecule has 150 valence electrons. The van der Waals surface area contributed by atoms with Crippen LogP contribution in [-0.4, -0.2) is 17.9 Å². The van der Waals surface area contributed by atoms with Gasteiger partial charge in [0.15, 0.2) is 0 Å². The number of benzene rings is 3. The maximum atomic E-state index is 13.6. The molecule has 1 aliphatic heterocycles. The van der Waals surface area contributed by atoms with E-state index in [1.165, 1.54) is 0 Å². The zero-order valence-electron chi connectivity index (χ0n) is 16.7. The molecule has 1 fully saturated rings. The number of amides is 2. The fourth-order valence-electron chi connectivity index (χ4n) is 3.71. The lowest BCUT2D eigenvalue weighted by Crippen LogP contribution is -2.31. The molecule has 0 saturated heterocycles. The first-order valence-corrected chi connectivity index (χ1v) is 11.0. The van der Waals surface area contributed by atoms with Gasteiger partial charge in [-0.2, -0.15) is 0 Å². The second kappa shape index (κ2) is 7.65. The summed E-state index contributed by atoms with van der Waals surface area (Å²) in [5, 5.41) is 3.04. The zero-order valence-corrected chi connectivity index (χ0v) is 17.5. The van der Waals surface area contributed by atoms with Crippen LogP contribution in [0.15, 0.2) is 76.5 Å². The van der Waals surface area contributed by atoms with Gasteiger partial charge in [-0.15, -0.1) is 0 Å². The van der Waals surface area contributed by atoms with Gasteiger partial charge in [-0.25, -0.2) is 0 Å². The smallest absolute Gasteiger partial charge is 0.259 e. The monoisotopic (exact) mass is 414 g/mol. The summed E-state index contributed by atoms with van der Waals surface area (Å²) >= 11 is 1.58. The molecule has 1 saturated carbocycles. The third-order valence-corrected chi connectivity index (χ3v) is 6.57. The summed E-state index contributed by atoms with van der Waals surface area (Å²) in [5.41, 5.74) is 4.28. The molecule has 1 heterocycles. The van der Waals surface area contributed by atoms with Crippen LogP contribution in [-0.2, 0) is 6.54 Å². The molecule has 2 aliphatic rings. The van der Waals surface area contributed by atoms with E-state index in [0.717, 1.165) is 39.4 Å². The average Bonchev–Trinajstić information content (AvgIpc) is 3.57. The van der Waals surface area contributed by atoms with E-state index in [1.807, 2.05) is 67.6 Å². The fraction of sp³-hybridized carbons (Fsp3) is 0.200. The van der Waals surface area contributed by atoms with Gasteiger partial charge in [0.2, 0.25) is 0 Å². The third-order valence-electron chi connectivity index (χ3n) is 5.43. The fourth-order valence-corrected chi connectivity index (χ4v) is 4.77. The normalized spacial score (nSPS) is 15.2. The minimum absolute atomic E-state index is 0.0434. The van der Waals surface area contributed by atoms with Gasteiger partial charge in [-0.05, 0) is 55.7 Å². The number of carbonyl (C=O) groups is 2. The van der Waals surface area contributed by atoms with Gasteiger partial charge in [0, 0.05) is 21.4 Å². The summed E-state index contributed by atoms with van der Waals surface area (Å²) in [6.07, 6.45) is 2.08. The summed E-state index contributed by atoms with van der Waals surface area (Å²) in [6, 6.07) is 21.9. The Bertz CT molecular complexity index is 1150. The second-order valence-corrected chi connectivity index (χ2v) is 8.99. The van der Waals surface area contributed by atoms with Crippen molar-refractivity contribution in [1.29, 1.82) is 0 Å². The lowest BCUT2D eigenvalue weighted by Gasteiger charge is -2.24. The molecule has 0 radical (unpaired) electrons. The molecular weight excluding hydrogens is 392 g/mol. The molecule has 5 rings (SSSR count). The number of hydrogen-bond donors (Lipinski definition) is 1. The molecule has 4 nitrogen and oxygen atoms in total. The molecule has 0 atom stereocenters. The minimum atomic E-state index is -0.0741. The first kappa shape index (κ1) is 18.9. The van der Waals surface area contributed by atoms with Crippen molar-refractivity contribution in [2.45, 2.75) is 42.1 Å². The van der Waals surface area contributed by atoms with Crippen LogP contribution in [0.4, 0.5) is 5.69 Å². The van der Waals surface area contributed by atoms with Crippen molar-refractivity contribution in [3.63, 3.8) is 0 Å². The third kappa shape index (κ3) is 3.73. The summed E-state index contributed by atoms with van der Waals surface area (Å²) in [5.74, 6) is -0.117. The quantitative estimate of drug-likeness (QED) is 0.638. The van der Waals surface area contributed by atoms with Crippen molar-refractivity contribution in [2.24, 2.45) is 0 Å². The number of rotatable bonds is 4. The van der Waals surface area contributed by atoms with E-state index < -0.39 is 0 Å². The van der Waals surface area contributed by atoms with E-state index in [2.05, 4.69) is 11.4 Å². The van der Waals surface area contributed by atoms with E-state index in [1.54, 1.807) is 16.7 Å². The molecule has 0 bridgehead atoms. The number of carbonyl (C=O) groups excluding carboxylic acids is 2. The highest BCUT2D eigenvalue weighted by atomic mass is 32.2. The van der Waals surface area contributed by atoms with E-state index in [0.29, 0.717) is 23.7 Å². The predicted octanol–water partition coefficient (Wildman–Crippen LogP) is 5.20. The van der Waals surface area contributed by atoms with Crippen LogP contribution in [0.25, 0.3) is 0 Å². The molecular formula is C25H22N2O2S. The van der Waals surface area contributed by atoms with Crippen molar-refractivity contribution < 1.29 is 9.59 Å². The van der Waals surface area contributed by atoms with Gasteiger partial charge in [-0.3, -0.25) is 9.59 Å². The van der Waals surface area contributed by atoms with Crippen molar-refractivity contribution in [2.75, 3.05) is 4.90 Å². The number of nitrogens with zero attached hydrogens (tertiary/aromatic N) is 1. The Hall–Kier alpha value is -3.05. The van der Waals surface area contributed by atoms with Crippen LogP contribution in [0.3, 0.4) is 0 Å². The number of hydrogen-bond acceptors (Lipinski definition) is 3. The van der Waals surface area contributed by atoms with Crippen LogP contribution in [0, 0.1) is 6.92 Å². The van der Waals surface area contributed by atoms with E-state index in [-0.39, 0.29) is 11.8 Å². The van der Waals surface area contributed by atoms with E-state index >= 15 is 0 Å². The van der Waals surface area contributed by atoms with Gasteiger partial charge >= 0.3 is 0 Å². The Balaban J connectivity index is 1.59. The standard InChI is InChI=1S/C25H22N2O2S/c1-16-5-4-6-17(13-16)15-27-21-14-18(24(28)26-19-10-11-19)9-12-23(21)30-22-8-3-2-7-20(22)25(27)29/h2-9,12-14,19H,10-11,15H2,1H3,(H,26,28). The lowest BCUT2D eigenvalue weighted by molar-refractivity contribution is 0.0947. The maximum Gasteiger partial charge on any atom is 0.259 e. The van der Waals surface area contributed by atoms with Crippen molar-refractivity contribution in [3.05, 3.63) is 89.0 Å². The van der Waals surface area contributed by atoms with Crippen LogP contribution in [0.5, 0.6) is 0 Å². The van der Waals surface area contributed by atoms with Gasteiger partial charge in [-0.1, -0.05) is 53.7 Å².